The molecular weight excluding hydrogens is 356 g/mol. The van der Waals surface area contributed by atoms with Crippen molar-refractivity contribution in [2.75, 3.05) is 13.2 Å². The molecule has 0 aliphatic heterocycles. The summed E-state index contributed by atoms with van der Waals surface area (Å²) < 4.78 is 31.5. The zero-order valence-corrected chi connectivity index (χ0v) is 15.8. The Labute approximate surface area is 154 Å². The van der Waals surface area contributed by atoms with Crippen LogP contribution in [0.5, 0.6) is 0 Å². The Bertz CT molecular complexity index is 700. The third-order valence-corrected chi connectivity index (χ3v) is 5.95. The Morgan fingerprint density at radius 2 is 1.81 bits per heavy atom. The summed E-state index contributed by atoms with van der Waals surface area (Å²) in [4.78, 5) is 23.8. The van der Waals surface area contributed by atoms with Crippen molar-refractivity contribution < 1.29 is 22.7 Å². The lowest BCUT2D eigenvalue weighted by Gasteiger charge is -2.21. The highest BCUT2D eigenvalue weighted by Crippen LogP contribution is 2.22. The smallest absolute Gasteiger partial charge is 0.324 e. The fourth-order valence-corrected chi connectivity index (χ4v) is 4.12. The van der Waals surface area contributed by atoms with Gasteiger partial charge in [0.1, 0.15) is 6.04 Å². The molecule has 144 valence electrons. The van der Waals surface area contributed by atoms with E-state index in [2.05, 4.69) is 10.0 Å². The SMILES string of the molecule is CC(NS(=O)(=O)c1ccccc1)C(=O)OCC(=O)NCC1CCCCC1. The van der Waals surface area contributed by atoms with E-state index in [0.29, 0.717) is 12.5 Å². The molecule has 2 N–H and O–H groups in total. The van der Waals surface area contributed by atoms with Crippen LogP contribution in [0.25, 0.3) is 0 Å². The molecule has 26 heavy (non-hydrogen) atoms. The van der Waals surface area contributed by atoms with Gasteiger partial charge in [0.25, 0.3) is 5.91 Å². The number of carbonyl (C=O) groups is 2. The van der Waals surface area contributed by atoms with Crippen LogP contribution in [0.2, 0.25) is 0 Å². The number of hydrogen-bond donors (Lipinski definition) is 2. The van der Waals surface area contributed by atoms with Gasteiger partial charge in [0, 0.05) is 6.54 Å². The predicted molar refractivity (Wildman–Crippen MR) is 96.8 cm³/mol. The minimum absolute atomic E-state index is 0.0601. The van der Waals surface area contributed by atoms with E-state index in [1.807, 2.05) is 0 Å². The molecule has 7 nitrogen and oxygen atoms in total. The molecule has 1 atom stereocenters. The molecule has 2 rings (SSSR count). The Morgan fingerprint density at radius 1 is 1.15 bits per heavy atom. The summed E-state index contributed by atoms with van der Waals surface area (Å²) in [5.41, 5.74) is 0. The van der Waals surface area contributed by atoms with E-state index in [9.17, 15) is 18.0 Å². The van der Waals surface area contributed by atoms with Gasteiger partial charge in [0.15, 0.2) is 6.61 Å². The summed E-state index contributed by atoms with van der Waals surface area (Å²) in [7, 11) is -3.82. The molecule has 0 saturated heterocycles. The molecule has 0 spiro atoms. The Hall–Kier alpha value is -1.93. The lowest BCUT2D eigenvalue weighted by atomic mass is 9.89. The second-order valence-corrected chi connectivity index (χ2v) is 8.29. The van der Waals surface area contributed by atoms with Gasteiger partial charge in [0.05, 0.1) is 4.90 Å². The number of hydrogen-bond acceptors (Lipinski definition) is 5. The lowest BCUT2D eigenvalue weighted by Crippen LogP contribution is -2.41. The van der Waals surface area contributed by atoms with Gasteiger partial charge in [-0.1, -0.05) is 37.5 Å². The van der Waals surface area contributed by atoms with Crippen LogP contribution in [-0.4, -0.2) is 39.5 Å². The monoisotopic (exact) mass is 382 g/mol. The maximum Gasteiger partial charge on any atom is 0.324 e. The molecule has 1 fully saturated rings. The number of carbonyl (C=O) groups excluding carboxylic acids is 2. The first-order valence-electron chi connectivity index (χ1n) is 8.89. The number of amides is 1. The highest BCUT2D eigenvalue weighted by Gasteiger charge is 2.23. The molecular formula is C18H26N2O5S. The fourth-order valence-electron chi connectivity index (χ4n) is 2.91. The normalized spacial score (nSPS) is 16.7. The van der Waals surface area contributed by atoms with E-state index in [0.717, 1.165) is 12.8 Å². The van der Waals surface area contributed by atoms with E-state index in [1.165, 1.54) is 38.3 Å². The molecule has 0 bridgehead atoms. The van der Waals surface area contributed by atoms with Crippen LogP contribution >= 0.6 is 0 Å². The standard InChI is InChI=1S/C18H26N2O5S/c1-14(20-26(23,24)16-10-6-3-7-11-16)18(22)25-13-17(21)19-12-15-8-4-2-5-9-15/h3,6-7,10-11,14-15,20H,2,4-5,8-9,12-13H2,1H3,(H,19,21). The number of esters is 1. The van der Waals surface area contributed by atoms with Crippen molar-refractivity contribution in [3.8, 4) is 0 Å². The molecule has 1 amide bonds. The van der Waals surface area contributed by atoms with Crippen LogP contribution in [-0.2, 0) is 24.3 Å². The van der Waals surface area contributed by atoms with E-state index >= 15 is 0 Å². The van der Waals surface area contributed by atoms with Crippen LogP contribution in [0.4, 0.5) is 0 Å². The molecule has 1 aromatic rings. The van der Waals surface area contributed by atoms with Crippen molar-refractivity contribution in [1.82, 2.24) is 10.0 Å². The highest BCUT2D eigenvalue weighted by molar-refractivity contribution is 7.89. The van der Waals surface area contributed by atoms with Crippen molar-refractivity contribution >= 4 is 21.9 Å². The molecule has 0 aromatic heterocycles. The summed E-state index contributed by atoms with van der Waals surface area (Å²) in [5, 5.41) is 2.77. The molecule has 1 aliphatic carbocycles. The van der Waals surface area contributed by atoms with E-state index in [1.54, 1.807) is 18.2 Å². The van der Waals surface area contributed by atoms with Crippen LogP contribution in [0.15, 0.2) is 35.2 Å². The average molecular weight is 382 g/mol. The zero-order valence-electron chi connectivity index (χ0n) is 14.9. The maximum atomic E-state index is 12.2. The predicted octanol–water partition coefficient (Wildman–Crippen LogP) is 1.59. The molecule has 0 radical (unpaired) electrons. The van der Waals surface area contributed by atoms with Crippen molar-refractivity contribution in [3.05, 3.63) is 30.3 Å². The zero-order chi connectivity index (χ0) is 19.0. The van der Waals surface area contributed by atoms with Gasteiger partial charge in [0.2, 0.25) is 10.0 Å². The first-order valence-corrected chi connectivity index (χ1v) is 10.4. The van der Waals surface area contributed by atoms with Crippen molar-refractivity contribution in [1.29, 1.82) is 0 Å². The minimum Gasteiger partial charge on any atom is -0.454 e. The third kappa shape index (κ3) is 6.42. The van der Waals surface area contributed by atoms with Crippen molar-refractivity contribution in [3.63, 3.8) is 0 Å². The van der Waals surface area contributed by atoms with Gasteiger partial charge in [-0.3, -0.25) is 9.59 Å². The van der Waals surface area contributed by atoms with E-state index in [4.69, 9.17) is 4.74 Å². The fraction of sp³-hybridized carbons (Fsp3) is 0.556. The summed E-state index contributed by atoms with van der Waals surface area (Å²) in [6.07, 6.45) is 5.85. The van der Waals surface area contributed by atoms with Gasteiger partial charge < -0.3 is 10.1 Å². The number of rotatable bonds is 8. The molecule has 1 aromatic carbocycles. The number of ether oxygens (including phenoxy) is 1. The van der Waals surface area contributed by atoms with Gasteiger partial charge in [-0.15, -0.1) is 0 Å². The molecule has 1 aliphatic rings. The van der Waals surface area contributed by atoms with Gasteiger partial charge in [-0.2, -0.15) is 4.72 Å². The Kier molecular flexibility index (Phi) is 7.59. The molecule has 8 heteroatoms. The molecule has 1 unspecified atom stereocenters. The quantitative estimate of drug-likeness (QED) is 0.665. The van der Waals surface area contributed by atoms with Crippen LogP contribution in [0.1, 0.15) is 39.0 Å². The number of sulfonamides is 1. The molecule has 0 heterocycles. The summed E-state index contributed by atoms with van der Waals surface area (Å²) in [5.74, 6) is -0.681. The Balaban J connectivity index is 1.73. The van der Waals surface area contributed by atoms with Gasteiger partial charge in [-0.25, -0.2) is 8.42 Å². The largest absolute Gasteiger partial charge is 0.454 e. The first-order chi connectivity index (χ1) is 12.4. The summed E-state index contributed by atoms with van der Waals surface area (Å²) in [6, 6.07) is 6.65. The summed E-state index contributed by atoms with van der Waals surface area (Å²) >= 11 is 0. The second-order valence-electron chi connectivity index (χ2n) is 6.57. The Morgan fingerprint density at radius 3 is 2.46 bits per heavy atom. The highest BCUT2D eigenvalue weighted by atomic mass is 32.2. The average Bonchev–Trinajstić information content (AvgIpc) is 2.65. The third-order valence-electron chi connectivity index (χ3n) is 4.40. The van der Waals surface area contributed by atoms with Crippen LogP contribution in [0, 0.1) is 5.92 Å². The van der Waals surface area contributed by atoms with E-state index < -0.39 is 28.6 Å². The summed E-state index contributed by atoms with van der Waals surface area (Å²) in [6.45, 7) is 1.55. The maximum absolute atomic E-state index is 12.2. The number of benzene rings is 1. The number of nitrogens with one attached hydrogen (secondary N) is 2. The topological polar surface area (TPSA) is 102 Å². The molecule has 1 saturated carbocycles. The van der Waals surface area contributed by atoms with Crippen molar-refractivity contribution in [2.45, 2.75) is 50.0 Å². The van der Waals surface area contributed by atoms with Crippen LogP contribution < -0.4 is 10.0 Å². The first kappa shape index (κ1) is 20.4. The van der Waals surface area contributed by atoms with E-state index in [-0.39, 0.29) is 10.8 Å². The van der Waals surface area contributed by atoms with Gasteiger partial charge in [-0.05, 0) is 37.8 Å². The van der Waals surface area contributed by atoms with Crippen LogP contribution in [0.3, 0.4) is 0 Å². The lowest BCUT2D eigenvalue weighted by molar-refractivity contribution is -0.149. The minimum atomic E-state index is -3.82. The second kappa shape index (κ2) is 9.68. The van der Waals surface area contributed by atoms with Crippen molar-refractivity contribution in [2.24, 2.45) is 5.92 Å². The van der Waals surface area contributed by atoms with Gasteiger partial charge >= 0.3 is 5.97 Å².